The molecule has 0 radical (unpaired) electrons. The quantitative estimate of drug-likeness (QED) is 0.812. The Kier molecular flexibility index (Phi) is 5.01. The zero-order chi connectivity index (χ0) is 14.5. The van der Waals surface area contributed by atoms with Crippen molar-refractivity contribution in [1.82, 2.24) is 4.90 Å². The Labute approximate surface area is 120 Å². The molecule has 20 heavy (non-hydrogen) atoms. The number of rotatable bonds is 6. The normalized spacial score (nSPS) is 19.2. The maximum atomic E-state index is 10.9. The highest BCUT2D eigenvalue weighted by Crippen LogP contribution is 2.22. The number of nitrogens with zero attached hydrogens (tertiary/aromatic N) is 1. The van der Waals surface area contributed by atoms with Gasteiger partial charge < -0.3 is 14.7 Å². The van der Waals surface area contributed by atoms with Crippen LogP contribution in [0.2, 0.25) is 0 Å². The van der Waals surface area contributed by atoms with E-state index in [-0.39, 0.29) is 5.92 Å². The fraction of sp³-hybridized carbons (Fsp3) is 0.562. The Morgan fingerprint density at radius 2 is 2.10 bits per heavy atom. The number of aryl methyl sites for hydroxylation is 2. The molecule has 110 valence electrons. The fourth-order valence-electron chi connectivity index (χ4n) is 2.73. The van der Waals surface area contributed by atoms with Crippen molar-refractivity contribution in [3.8, 4) is 5.75 Å². The predicted octanol–water partition coefficient (Wildman–Crippen LogP) is 2.48. The second-order valence-electron chi connectivity index (χ2n) is 5.55. The molecule has 4 heteroatoms. The Bertz CT molecular complexity index is 453. The van der Waals surface area contributed by atoms with Gasteiger partial charge in [0.25, 0.3) is 0 Å². The van der Waals surface area contributed by atoms with Gasteiger partial charge in [0.15, 0.2) is 0 Å². The minimum atomic E-state index is -0.667. The molecule has 1 aromatic rings. The molecular weight excluding hydrogens is 254 g/mol. The lowest BCUT2D eigenvalue weighted by molar-refractivity contribution is -0.141. The molecular formula is C16H23NO3. The summed E-state index contributed by atoms with van der Waals surface area (Å²) in [6.45, 7) is 7.27. The van der Waals surface area contributed by atoms with Gasteiger partial charge in [-0.3, -0.25) is 4.79 Å². The minimum absolute atomic E-state index is 0.186. The number of para-hydroxylation sites is 1. The van der Waals surface area contributed by atoms with Crippen LogP contribution >= 0.6 is 0 Å². The van der Waals surface area contributed by atoms with Crippen molar-refractivity contribution in [2.45, 2.75) is 26.7 Å². The van der Waals surface area contributed by atoms with Gasteiger partial charge in [0.1, 0.15) is 5.75 Å². The first-order valence-electron chi connectivity index (χ1n) is 7.22. The van der Waals surface area contributed by atoms with Gasteiger partial charge in [-0.05, 0) is 44.4 Å². The van der Waals surface area contributed by atoms with Gasteiger partial charge in [-0.25, -0.2) is 0 Å². The molecule has 1 aliphatic rings. The summed E-state index contributed by atoms with van der Waals surface area (Å²) in [5.41, 5.74) is 2.33. The standard InChI is InChI=1S/C16H23NO3/c1-12-5-3-6-13(2)15(12)20-10-4-8-17-9-7-14(11-17)16(18)19/h3,5-6,14H,4,7-11H2,1-2H3,(H,18,19). The molecule has 4 nitrogen and oxygen atoms in total. The second kappa shape index (κ2) is 6.75. The molecule has 1 saturated heterocycles. The molecule has 0 amide bonds. The maximum Gasteiger partial charge on any atom is 0.307 e. The zero-order valence-corrected chi connectivity index (χ0v) is 12.3. The highest BCUT2D eigenvalue weighted by Gasteiger charge is 2.27. The van der Waals surface area contributed by atoms with E-state index in [1.54, 1.807) is 0 Å². The molecule has 0 bridgehead atoms. The number of ether oxygens (including phenoxy) is 1. The molecule has 2 rings (SSSR count). The summed E-state index contributed by atoms with van der Waals surface area (Å²) in [5.74, 6) is 0.131. The van der Waals surface area contributed by atoms with E-state index in [9.17, 15) is 4.79 Å². The first-order valence-corrected chi connectivity index (χ1v) is 7.22. The average molecular weight is 277 g/mol. The molecule has 0 aromatic heterocycles. The molecule has 0 aliphatic carbocycles. The Morgan fingerprint density at radius 3 is 2.70 bits per heavy atom. The second-order valence-corrected chi connectivity index (χ2v) is 5.55. The van der Waals surface area contributed by atoms with Crippen molar-refractivity contribution < 1.29 is 14.6 Å². The fourth-order valence-corrected chi connectivity index (χ4v) is 2.73. The maximum absolute atomic E-state index is 10.9. The van der Waals surface area contributed by atoms with E-state index in [1.807, 2.05) is 6.07 Å². The van der Waals surface area contributed by atoms with Crippen molar-refractivity contribution in [2.24, 2.45) is 5.92 Å². The zero-order valence-electron chi connectivity index (χ0n) is 12.3. The van der Waals surface area contributed by atoms with Crippen LogP contribution in [0.15, 0.2) is 18.2 Å². The summed E-state index contributed by atoms with van der Waals surface area (Å²) in [6, 6.07) is 6.15. The molecule has 1 fully saturated rings. The molecule has 0 spiro atoms. The number of carboxylic acids is 1. The summed E-state index contributed by atoms with van der Waals surface area (Å²) >= 11 is 0. The first kappa shape index (κ1) is 14.9. The lowest BCUT2D eigenvalue weighted by Crippen LogP contribution is -2.25. The Balaban J connectivity index is 1.71. The van der Waals surface area contributed by atoms with Crippen LogP contribution in [0.3, 0.4) is 0 Å². The van der Waals surface area contributed by atoms with E-state index in [0.29, 0.717) is 13.2 Å². The Hall–Kier alpha value is -1.55. The Morgan fingerprint density at radius 1 is 1.40 bits per heavy atom. The predicted molar refractivity (Wildman–Crippen MR) is 78.2 cm³/mol. The molecule has 1 aliphatic heterocycles. The van der Waals surface area contributed by atoms with Crippen LogP contribution in [0.1, 0.15) is 24.0 Å². The smallest absolute Gasteiger partial charge is 0.307 e. The van der Waals surface area contributed by atoms with Gasteiger partial charge >= 0.3 is 5.97 Å². The van der Waals surface area contributed by atoms with Crippen LogP contribution in [0, 0.1) is 19.8 Å². The molecule has 1 atom stereocenters. The first-order chi connectivity index (χ1) is 9.58. The minimum Gasteiger partial charge on any atom is -0.493 e. The molecule has 1 N–H and O–H groups in total. The van der Waals surface area contributed by atoms with Gasteiger partial charge in [0, 0.05) is 13.1 Å². The van der Waals surface area contributed by atoms with Crippen LogP contribution < -0.4 is 4.74 Å². The van der Waals surface area contributed by atoms with Crippen molar-refractivity contribution in [3.05, 3.63) is 29.3 Å². The largest absolute Gasteiger partial charge is 0.493 e. The molecule has 0 saturated carbocycles. The monoisotopic (exact) mass is 277 g/mol. The van der Waals surface area contributed by atoms with E-state index in [4.69, 9.17) is 9.84 Å². The van der Waals surface area contributed by atoms with Gasteiger partial charge in [-0.1, -0.05) is 18.2 Å². The summed E-state index contributed by atoms with van der Waals surface area (Å²) in [4.78, 5) is 13.1. The van der Waals surface area contributed by atoms with Crippen LogP contribution in [0.25, 0.3) is 0 Å². The van der Waals surface area contributed by atoms with Crippen LogP contribution in [-0.2, 0) is 4.79 Å². The summed E-state index contributed by atoms with van der Waals surface area (Å²) in [6.07, 6.45) is 1.70. The van der Waals surface area contributed by atoms with Crippen molar-refractivity contribution in [2.75, 3.05) is 26.2 Å². The third-order valence-electron chi connectivity index (χ3n) is 3.90. The van der Waals surface area contributed by atoms with Gasteiger partial charge in [0.05, 0.1) is 12.5 Å². The lowest BCUT2D eigenvalue weighted by atomic mass is 10.1. The van der Waals surface area contributed by atoms with Crippen molar-refractivity contribution in [1.29, 1.82) is 0 Å². The number of carbonyl (C=O) groups is 1. The van der Waals surface area contributed by atoms with E-state index < -0.39 is 5.97 Å². The number of hydrogen-bond donors (Lipinski definition) is 1. The summed E-state index contributed by atoms with van der Waals surface area (Å²) < 4.78 is 5.86. The SMILES string of the molecule is Cc1cccc(C)c1OCCCN1CCC(C(=O)O)C1. The summed E-state index contributed by atoms with van der Waals surface area (Å²) in [5, 5.41) is 8.96. The number of aliphatic carboxylic acids is 1. The van der Waals surface area contributed by atoms with Crippen LogP contribution in [-0.4, -0.2) is 42.2 Å². The number of carboxylic acid groups (broad SMARTS) is 1. The lowest BCUT2D eigenvalue weighted by Gasteiger charge is -2.16. The van der Waals surface area contributed by atoms with Crippen LogP contribution in [0.4, 0.5) is 0 Å². The van der Waals surface area contributed by atoms with E-state index in [1.165, 1.54) is 0 Å². The van der Waals surface area contributed by atoms with E-state index >= 15 is 0 Å². The topological polar surface area (TPSA) is 49.8 Å². The van der Waals surface area contributed by atoms with Gasteiger partial charge in [-0.2, -0.15) is 0 Å². The molecule has 1 unspecified atom stereocenters. The van der Waals surface area contributed by atoms with Crippen molar-refractivity contribution >= 4 is 5.97 Å². The van der Waals surface area contributed by atoms with E-state index in [2.05, 4.69) is 30.9 Å². The highest BCUT2D eigenvalue weighted by atomic mass is 16.5. The van der Waals surface area contributed by atoms with Crippen molar-refractivity contribution in [3.63, 3.8) is 0 Å². The number of benzene rings is 1. The van der Waals surface area contributed by atoms with Gasteiger partial charge in [-0.15, -0.1) is 0 Å². The van der Waals surface area contributed by atoms with E-state index in [0.717, 1.165) is 42.8 Å². The molecule has 1 heterocycles. The average Bonchev–Trinajstić information content (AvgIpc) is 2.86. The third kappa shape index (κ3) is 3.73. The van der Waals surface area contributed by atoms with Gasteiger partial charge in [0.2, 0.25) is 0 Å². The number of hydrogen-bond acceptors (Lipinski definition) is 3. The third-order valence-corrected chi connectivity index (χ3v) is 3.90. The highest BCUT2D eigenvalue weighted by molar-refractivity contribution is 5.70. The summed E-state index contributed by atoms with van der Waals surface area (Å²) in [7, 11) is 0. The number of likely N-dealkylation sites (tertiary alicyclic amines) is 1. The van der Waals surface area contributed by atoms with Crippen LogP contribution in [0.5, 0.6) is 5.75 Å². The molecule has 1 aromatic carbocycles.